The number of fused-ring (bicyclic) bond motifs is 1. The smallest absolute Gasteiger partial charge is 0.221 e. The lowest BCUT2D eigenvalue weighted by Gasteiger charge is -1.93. The van der Waals surface area contributed by atoms with E-state index >= 15 is 0 Å². The first-order valence-corrected chi connectivity index (χ1v) is 3.53. The molecule has 0 atom stereocenters. The van der Waals surface area contributed by atoms with Crippen molar-refractivity contribution in [1.29, 1.82) is 0 Å². The third-order valence-electron chi connectivity index (χ3n) is 1.90. The predicted molar refractivity (Wildman–Crippen MR) is 44.0 cm³/mol. The second kappa shape index (κ2) is 2.14. The fraction of sp³-hybridized carbons (Fsp3) is 0.125. The van der Waals surface area contributed by atoms with Gasteiger partial charge < -0.3 is 10.2 Å². The Kier molecular flexibility index (Phi) is 1.24. The van der Waals surface area contributed by atoms with Gasteiger partial charge in [0.15, 0.2) is 0 Å². The number of aromatic hydroxyl groups is 2. The molecule has 2 rings (SSSR count). The van der Waals surface area contributed by atoms with Crippen LogP contribution in [-0.4, -0.2) is 19.8 Å². The van der Waals surface area contributed by atoms with Gasteiger partial charge in [0.05, 0.1) is 5.39 Å². The van der Waals surface area contributed by atoms with Crippen LogP contribution >= 0.6 is 0 Å². The van der Waals surface area contributed by atoms with Gasteiger partial charge in [0.25, 0.3) is 0 Å². The third-order valence-corrected chi connectivity index (χ3v) is 1.90. The standard InChI is InChI=1S/C8H8N2O2/c1-10-7(11)5-3-2-4-9-6(5)8(10)12/h2-4,11-12H,1H3. The minimum absolute atomic E-state index is 0.0110. The molecule has 0 unspecified atom stereocenters. The first kappa shape index (κ1) is 6.97. The van der Waals surface area contributed by atoms with Gasteiger partial charge in [0.2, 0.25) is 11.8 Å². The van der Waals surface area contributed by atoms with E-state index in [1.165, 1.54) is 4.57 Å². The van der Waals surface area contributed by atoms with Gasteiger partial charge in [-0.15, -0.1) is 0 Å². The highest BCUT2D eigenvalue weighted by Crippen LogP contribution is 2.32. The molecule has 12 heavy (non-hydrogen) atoms. The molecule has 0 fully saturated rings. The Balaban J connectivity index is 2.99. The largest absolute Gasteiger partial charge is 0.494 e. The van der Waals surface area contributed by atoms with Gasteiger partial charge in [-0.2, -0.15) is 0 Å². The fourth-order valence-corrected chi connectivity index (χ4v) is 1.20. The van der Waals surface area contributed by atoms with Crippen molar-refractivity contribution in [3.8, 4) is 11.8 Å². The summed E-state index contributed by atoms with van der Waals surface area (Å²) in [6.45, 7) is 0. The van der Waals surface area contributed by atoms with Crippen LogP contribution in [0.1, 0.15) is 0 Å². The minimum Gasteiger partial charge on any atom is -0.494 e. The van der Waals surface area contributed by atoms with E-state index in [4.69, 9.17) is 0 Å². The van der Waals surface area contributed by atoms with Crippen molar-refractivity contribution in [2.75, 3.05) is 0 Å². The van der Waals surface area contributed by atoms with E-state index in [1.807, 2.05) is 0 Å². The van der Waals surface area contributed by atoms with Gasteiger partial charge in [-0.1, -0.05) is 0 Å². The molecule has 2 aromatic rings. The number of rotatable bonds is 0. The molecule has 0 spiro atoms. The lowest BCUT2D eigenvalue weighted by Crippen LogP contribution is -1.83. The molecule has 0 saturated heterocycles. The first-order chi connectivity index (χ1) is 5.72. The maximum absolute atomic E-state index is 9.44. The lowest BCUT2D eigenvalue weighted by molar-refractivity contribution is 0.390. The molecule has 4 nitrogen and oxygen atoms in total. The third kappa shape index (κ3) is 0.689. The van der Waals surface area contributed by atoms with Gasteiger partial charge in [-0.05, 0) is 12.1 Å². The first-order valence-electron chi connectivity index (χ1n) is 3.53. The van der Waals surface area contributed by atoms with Crippen LogP contribution in [0.4, 0.5) is 0 Å². The Labute approximate surface area is 68.7 Å². The monoisotopic (exact) mass is 164 g/mol. The zero-order valence-corrected chi connectivity index (χ0v) is 6.52. The second-order valence-electron chi connectivity index (χ2n) is 2.61. The van der Waals surface area contributed by atoms with E-state index in [9.17, 15) is 10.2 Å². The highest BCUT2D eigenvalue weighted by atomic mass is 16.3. The quantitative estimate of drug-likeness (QED) is 0.610. The lowest BCUT2D eigenvalue weighted by atomic mass is 10.3. The van der Waals surface area contributed by atoms with Crippen LogP contribution in [0.25, 0.3) is 10.9 Å². The summed E-state index contributed by atoms with van der Waals surface area (Å²) < 4.78 is 1.29. The number of hydrogen-bond donors (Lipinski definition) is 2. The Bertz CT molecular complexity index is 395. The van der Waals surface area contributed by atoms with Crippen molar-refractivity contribution in [2.24, 2.45) is 7.05 Å². The molecule has 62 valence electrons. The van der Waals surface area contributed by atoms with Crippen molar-refractivity contribution in [2.45, 2.75) is 0 Å². The van der Waals surface area contributed by atoms with E-state index in [1.54, 1.807) is 25.4 Å². The maximum Gasteiger partial charge on any atom is 0.221 e. The summed E-state index contributed by atoms with van der Waals surface area (Å²) in [5.74, 6) is 0.0266. The van der Waals surface area contributed by atoms with Crippen LogP contribution in [0.3, 0.4) is 0 Å². The summed E-state index contributed by atoms with van der Waals surface area (Å²) in [7, 11) is 1.58. The average molecular weight is 164 g/mol. The van der Waals surface area contributed by atoms with Crippen molar-refractivity contribution >= 4 is 10.9 Å². The molecule has 2 heterocycles. The molecule has 0 radical (unpaired) electrons. The van der Waals surface area contributed by atoms with E-state index in [0.717, 1.165) is 0 Å². The number of hydrogen-bond acceptors (Lipinski definition) is 3. The molecule has 0 aliphatic rings. The van der Waals surface area contributed by atoms with Crippen LogP contribution in [0.15, 0.2) is 18.3 Å². The van der Waals surface area contributed by atoms with E-state index in [-0.39, 0.29) is 11.8 Å². The molecule has 0 bridgehead atoms. The zero-order chi connectivity index (χ0) is 8.72. The Hall–Kier alpha value is -1.71. The fourth-order valence-electron chi connectivity index (χ4n) is 1.20. The molecule has 0 amide bonds. The van der Waals surface area contributed by atoms with Crippen LogP contribution in [0.5, 0.6) is 11.8 Å². The van der Waals surface area contributed by atoms with E-state index in [2.05, 4.69) is 4.98 Å². The molecule has 4 heteroatoms. The Morgan fingerprint density at radius 2 is 2.08 bits per heavy atom. The number of aromatic nitrogens is 2. The van der Waals surface area contributed by atoms with Crippen LogP contribution < -0.4 is 0 Å². The van der Waals surface area contributed by atoms with Crippen molar-refractivity contribution in [3.05, 3.63) is 18.3 Å². The maximum atomic E-state index is 9.44. The van der Waals surface area contributed by atoms with E-state index in [0.29, 0.717) is 10.9 Å². The summed E-state index contributed by atoms with van der Waals surface area (Å²) in [6, 6.07) is 3.42. The summed E-state index contributed by atoms with van der Waals surface area (Å²) in [4.78, 5) is 3.93. The molecule has 2 aromatic heterocycles. The highest BCUT2D eigenvalue weighted by molar-refractivity contribution is 5.89. The predicted octanol–water partition coefficient (Wildman–Crippen LogP) is 0.984. The summed E-state index contributed by atoms with van der Waals surface area (Å²) in [6.07, 6.45) is 1.57. The molecule has 0 aliphatic heterocycles. The SMILES string of the molecule is Cn1c(O)c2cccnc2c1O. The number of pyridine rings is 1. The van der Waals surface area contributed by atoms with E-state index < -0.39 is 0 Å². The molecule has 0 aliphatic carbocycles. The van der Waals surface area contributed by atoms with Gasteiger partial charge in [-0.3, -0.25) is 9.55 Å². The van der Waals surface area contributed by atoms with Gasteiger partial charge >= 0.3 is 0 Å². The molecular formula is C8H8N2O2. The Morgan fingerprint density at radius 1 is 1.33 bits per heavy atom. The molecular weight excluding hydrogens is 156 g/mol. The van der Waals surface area contributed by atoms with Crippen molar-refractivity contribution in [1.82, 2.24) is 9.55 Å². The molecule has 0 saturated carbocycles. The van der Waals surface area contributed by atoms with Crippen molar-refractivity contribution < 1.29 is 10.2 Å². The topological polar surface area (TPSA) is 58.3 Å². The summed E-state index contributed by atoms with van der Waals surface area (Å²) in [5, 5.41) is 19.4. The van der Waals surface area contributed by atoms with Crippen LogP contribution in [0.2, 0.25) is 0 Å². The van der Waals surface area contributed by atoms with Gasteiger partial charge in [-0.25, -0.2) is 0 Å². The molecule has 0 aromatic carbocycles. The summed E-state index contributed by atoms with van der Waals surface area (Å²) in [5.41, 5.74) is 0.428. The second-order valence-corrected chi connectivity index (χ2v) is 2.61. The van der Waals surface area contributed by atoms with Gasteiger partial charge in [0, 0.05) is 13.2 Å². The normalized spacial score (nSPS) is 10.8. The zero-order valence-electron chi connectivity index (χ0n) is 6.52. The van der Waals surface area contributed by atoms with Crippen molar-refractivity contribution in [3.63, 3.8) is 0 Å². The van der Waals surface area contributed by atoms with Crippen LogP contribution in [-0.2, 0) is 7.05 Å². The molecule has 2 N–H and O–H groups in total. The Morgan fingerprint density at radius 3 is 2.75 bits per heavy atom. The average Bonchev–Trinajstić information content (AvgIpc) is 2.33. The van der Waals surface area contributed by atoms with Gasteiger partial charge in [0.1, 0.15) is 5.52 Å². The highest BCUT2D eigenvalue weighted by Gasteiger charge is 2.12. The number of nitrogens with zero attached hydrogens (tertiary/aromatic N) is 2. The van der Waals surface area contributed by atoms with Crippen LogP contribution in [0, 0.1) is 0 Å². The minimum atomic E-state index is -0.0110. The summed E-state index contributed by atoms with van der Waals surface area (Å²) >= 11 is 0.